The Hall–Kier alpha value is -4.27. The van der Waals surface area contributed by atoms with E-state index in [9.17, 15) is 14.4 Å². The van der Waals surface area contributed by atoms with E-state index in [2.05, 4.69) is 21.0 Å². The first-order chi connectivity index (χ1) is 16.6. The van der Waals surface area contributed by atoms with E-state index in [-0.39, 0.29) is 11.3 Å². The molecule has 0 saturated carbocycles. The largest absolute Gasteiger partial charge is 0.290 e. The molecule has 0 fully saturated rings. The molecule has 172 valence electrons. The molecule has 0 spiro atoms. The topological polar surface area (TPSA) is 111 Å². The van der Waals surface area contributed by atoms with Gasteiger partial charge in [0.25, 0.3) is 17.4 Å². The third kappa shape index (κ3) is 3.75. The Balaban J connectivity index is 1.41. The number of aryl methyl sites for hydroxylation is 1. The van der Waals surface area contributed by atoms with Crippen molar-refractivity contribution in [2.24, 2.45) is 0 Å². The molecule has 4 aromatic rings. The van der Waals surface area contributed by atoms with Gasteiger partial charge in [-0.25, -0.2) is 9.36 Å². The fourth-order valence-corrected chi connectivity index (χ4v) is 4.40. The third-order valence-electron chi connectivity index (χ3n) is 5.95. The number of aromatic nitrogens is 4. The lowest BCUT2D eigenvalue weighted by Gasteiger charge is -2.11. The molecule has 0 radical (unpaired) electrons. The van der Waals surface area contributed by atoms with Crippen molar-refractivity contribution in [3.05, 3.63) is 87.6 Å². The van der Waals surface area contributed by atoms with Crippen LogP contribution in [0.2, 0.25) is 0 Å². The summed E-state index contributed by atoms with van der Waals surface area (Å²) in [5.41, 5.74) is 7.85. The van der Waals surface area contributed by atoms with Crippen LogP contribution in [0.15, 0.2) is 59.4 Å². The maximum Gasteiger partial charge on any atom is 0.290 e. The van der Waals surface area contributed by atoms with E-state index >= 15 is 0 Å². The second kappa shape index (κ2) is 8.93. The first kappa shape index (κ1) is 21.6. The molecule has 2 amide bonds. The molecule has 1 aliphatic carbocycles. The summed E-state index contributed by atoms with van der Waals surface area (Å²) in [7, 11) is 0. The van der Waals surface area contributed by atoms with Crippen molar-refractivity contribution in [3.63, 3.8) is 0 Å². The number of hydrazine groups is 1. The van der Waals surface area contributed by atoms with Gasteiger partial charge in [0.2, 0.25) is 0 Å². The van der Waals surface area contributed by atoms with Crippen molar-refractivity contribution < 1.29 is 9.59 Å². The van der Waals surface area contributed by atoms with Crippen LogP contribution in [0.25, 0.3) is 16.5 Å². The predicted molar refractivity (Wildman–Crippen MR) is 127 cm³/mol. The molecule has 0 bridgehead atoms. The molecule has 34 heavy (non-hydrogen) atoms. The van der Waals surface area contributed by atoms with Gasteiger partial charge in [0.05, 0.1) is 11.1 Å². The summed E-state index contributed by atoms with van der Waals surface area (Å²) < 4.78 is 3.09. The van der Waals surface area contributed by atoms with Gasteiger partial charge in [-0.3, -0.25) is 25.2 Å². The number of nitrogens with one attached hydrogen (secondary N) is 2. The lowest BCUT2D eigenvalue weighted by Crippen LogP contribution is -2.43. The monoisotopic (exact) mass is 456 g/mol. The Labute approximate surface area is 195 Å². The summed E-state index contributed by atoms with van der Waals surface area (Å²) in [6.07, 6.45) is 3.23. The van der Waals surface area contributed by atoms with Crippen molar-refractivity contribution in [1.29, 1.82) is 0 Å². The van der Waals surface area contributed by atoms with E-state index in [4.69, 9.17) is 0 Å². The number of fused-ring (bicyclic) bond motifs is 2. The first-order valence-corrected chi connectivity index (χ1v) is 11.3. The molecule has 1 aliphatic rings. The Kier molecular flexibility index (Phi) is 5.67. The molecule has 0 saturated heterocycles. The molecular weight excluding hydrogens is 432 g/mol. The van der Waals surface area contributed by atoms with Crippen molar-refractivity contribution >= 4 is 22.6 Å². The van der Waals surface area contributed by atoms with Crippen molar-refractivity contribution in [3.8, 4) is 5.69 Å². The Morgan fingerprint density at radius 2 is 1.56 bits per heavy atom. The highest BCUT2D eigenvalue weighted by Crippen LogP contribution is 2.27. The maximum absolute atomic E-state index is 13.0. The van der Waals surface area contributed by atoms with Crippen LogP contribution < -0.4 is 16.4 Å². The molecule has 9 nitrogen and oxygen atoms in total. The molecule has 2 heterocycles. The fourth-order valence-electron chi connectivity index (χ4n) is 4.40. The van der Waals surface area contributed by atoms with Gasteiger partial charge >= 0.3 is 0 Å². The van der Waals surface area contributed by atoms with Crippen molar-refractivity contribution in [2.75, 3.05) is 0 Å². The smallest absolute Gasteiger partial charge is 0.267 e. The quantitative estimate of drug-likeness (QED) is 0.449. The zero-order valence-corrected chi connectivity index (χ0v) is 18.7. The van der Waals surface area contributed by atoms with Crippen LogP contribution in [0.5, 0.6) is 0 Å². The highest BCUT2D eigenvalue weighted by molar-refractivity contribution is 6.06. The summed E-state index contributed by atoms with van der Waals surface area (Å²) in [5.74, 6) is -1.10. The number of para-hydroxylation sites is 1. The molecule has 2 N–H and O–H groups in total. The Morgan fingerprint density at radius 3 is 2.29 bits per heavy atom. The lowest BCUT2D eigenvalue weighted by atomic mass is 10.1. The number of nitrogens with zero attached hydrogens (tertiary/aromatic N) is 4. The summed E-state index contributed by atoms with van der Waals surface area (Å²) in [5, 5.41) is 9.64. The number of hydrogen-bond donors (Lipinski definition) is 2. The molecule has 0 aliphatic heterocycles. The van der Waals surface area contributed by atoms with Gasteiger partial charge in [-0.15, -0.1) is 0 Å². The zero-order chi connectivity index (χ0) is 23.7. The van der Waals surface area contributed by atoms with E-state index in [1.165, 1.54) is 4.68 Å². The van der Waals surface area contributed by atoms with Crippen LogP contribution in [0.4, 0.5) is 0 Å². The van der Waals surface area contributed by atoms with E-state index < -0.39 is 11.8 Å². The van der Waals surface area contributed by atoms with Crippen LogP contribution in [-0.4, -0.2) is 31.4 Å². The molecule has 2 aromatic carbocycles. The average molecular weight is 457 g/mol. The van der Waals surface area contributed by atoms with Gasteiger partial charge in [-0.05, 0) is 43.9 Å². The second-order valence-corrected chi connectivity index (χ2v) is 8.21. The maximum atomic E-state index is 13.0. The lowest BCUT2D eigenvalue weighted by molar-refractivity contribution is 0.0840. The van der Waals surface area contributed by atoms with Gasteiger partial charge in [-0.2, -0.15) is 10.2 Å². The van der Waals surface area contributed by atoms with Crippen LogP contribution in [-0.2, 0) is 19.4 Å². The van der Waals surface area contributed by atoms with E-state index in [1.807, 2.05) is 37.3 Å². The van der Waals surface area contributed by atoms with E-state index in [0.717, 1.165) is 36.2 Å². The van der Waals surface area contributed by atoms with Gasteiger partial charge in [0.1, 0.15) is 0 Å². The first-order valence-electron chi connectivity index (χ1n) is 11.3. The molecule has 5 rings (SSSR count). The molecule has 0 atom stereocenters. The van der Waals surface area contributed by atoms with Crippen molar-refractivity contribution in [2.45, 2.75) is 39.2 Å². The number of carbonyl (C=O) groups excluding carboxylic acids is 2. The van der Waals surface area contributed by atoms with Gasteiger partial charge in [-0.1, -0.05) is 43.3 Å². The molecular formula is C25H24N6O3. The molecule has 2 aromatic heterocycles. The van der Waals surface area contributed by atoms with Gasteiger partial charge < -0.3 is 0 Å². The fraction of sp³-hybridized carbons (Fsp3) is 0.240. The van der Waals surface area contributed by atoms with E-state index in [1.54, 1.807) is 28.9 Å². The summed E-state index contributed by atoms with van der Waals surface area (Å²) in [6.45, 7) is 2.32. The number of benzene rings is 2. The SMILES string of the molecule is CCCn1nc(C(=O)NNC(=O)c2nn(-c3ccccc3)c3c2CCC3)c2ccccc2c1=O. The third-order valence-corrected chi connectivity index (χ3v) is 5.95. The van der Waals surface area contributed by atoms with Crippen molar-refractivity contribution in [1.82, 2.24) is 30.4 Å². The second-order valence-electron chi connectivity index (χ2n) is 8.21. The highest BCUT2D eigenvalue weighted by Gasteiger charge is 2.27. The number of hydrogen-bond acceptors (Lipinski definition) is 5. The standard InChI is InChI=1S/C25H24N6O3/c1-2-15-30-25(34)18-12-7-6-11-17(18)21(28-30)23(32)26-27-24(33)22-19-13-8-14-20(19)31(29-22)16-9-4-3-5-10-16/h3-7,9-12H,2,8,13-15H2,1H3,(H,26,32)(H,27,33). The summed E-state index contributed by atoms with van der Waals surface area (Å²) in [4.78, 5) is 38.6. The van der Waals surface area contributed by atoms with Gasteiger partial charge in [0, 0.05) is 23.2 Å². The predicted octanol–water partition coefficient (Wildman–Crippen LogP) is 2.56. The summed E-state index contributed by atoms with van der Waals surface area (Å²) >= 11 is 0. The normalized spacial score (nSPS) is 12.5. The molecule has 9 heteroatoms. The van der Waals surface area contributed by atoms with E-state index in [0.29, 0.717) is 29.4 Å². The molecule has 0 unspecified atom stereocenters. The Bertz CT molecular complexity index is 1460. The van der Waals surface area contributed by atoms with Gasteiger partial charge in [0.15, 0.2) is 11.4 Å². The number of amides is 2. The van der Waals surface area contributed by atoms with Crippen LogP contribution >= 0.6 is 0 Å². The van der Waals surface area contributed by atoms with Crippen LogP contribution in [0.3, 0.4) is 0 Å². The zero-order valence-electron chi connectivity index (χ0n) is 18.7. The minimum absolute atomic E-state index is 0.0731. The minimum Gasteiger partial charge on any atom is -0.267 e. The summed E-state index contributed by atoms with van der Waals surface area (Å²) in [6, 6.07) is 16.5. The van der Waals surface area contributed by atoms with Crippen LogP contribution in [0.1, 0.15) is 52.0 Å². The number of rotatable bonds is 5. The minimum atomic E-state index is -0.603. The Morgan fingerprint density at radius 1 is 0.882 bits per heavy atom. The number of carbonyl (C=O) groups is 2. The average Bonchev–Trinajstić information content (AvgIpc) is 3.48. The van der Waals surface area contributed by atoms with Crippen LogP contribution in [0, 0.1) is 0 Å². The highest BCUT2D eigenvalue weighted by atomic mass is 16.2.